The lowest BCUT2D eigenvalue weighted by Crippen LogP contribution is -2.47. The highest BCUT2D eigenvalue weighted by atomic mass is 35.5. The minimum Gasteiger partial charge on any atom is -0.341 e. The van der Waals surface area contributed by atoms with Crippen molar-refractivity contribution in [3.8, 4) is 0 Å². The summed E-state index contributed by atoms with van der Waals surface area (Å²) in [5.74, 6) is 1.09. The van der Waals surface area contributed by atoms with Crippen molar-refractivity contribution >= 4 is 39.9 Å². The van der Waals surface area contributed by atoms with Gasteiger partial charge in [0.2, 0.25) is 15.9 Å². The first-order valence-electron chi connectivity index (χ1n) is 8.64. The number of carbonyl (C=O) groups is 1. The quantitative estimate of drug-likeness (QED) is 0.777. The zero-order chi connectivity index (χ0) is 18.0. The van der Waals surface area contributed by atoms with E-state index in [0.29, 0.717) is 29.9 Å². The topological polar surface area (TPSA) is 78.5 Å². The summed E-state index contributed by atoms with van der Waals surface area (Å²) in [6.07, 6.45) is 1.94. The maximum Gasteiger partial charge on any atom is 0.241 e. The Labute approximate surface area is 166 Å². The van der Waals surface area contributed by atoms with Gasteiger partial charge < -0.3 is 10.2 Å². The number of halogens is 2. The molecule has 0 radical (unpaired) electrons. The molecule has 2 N–H and O–H groups in total. The van der Waals surface area contributed by atoms with Gasteiger partial charge in [0.1, 0.15) is 0 Å². The van der Waals surface area contributed by atoms with Crippen molar-refractivity contribution in [2.24, 2.45) is 11.8 Å². The Bertz CT molecular complexity index is 713. The molecule has 9 heteroatoms. The molecule has 0 spiro atoms. The maximum absolute atomic E-state index is 12.7. The summed E-state index contributed by atoms with van der Waals surface area (Å²) in [6, 6.07) is 5.11. The third-order valence-corrected chi connectivity index (χ3v) is 6.97. The number of carbonyl (C=O) groups excluding carboxylic acids is 1. The molecule has 3 atom stereocenters. The molecule has 6 nitrogen and oxygen atoms in total. The molecule has 2 aliphatic rings. The van der Waals surface area contributed by atoms with Gasteiger partial charge in [-0.1, -0.05) is 11.6 Å². The molecule has 2 heterocycles. The lowest BCUT2D eigenvalue weighted by Gasteiger charge is -2.25. The van der Waals surface area contributed by atoms with E-state index >= 15 is 0 Å². The zero-order valence-electron chi connectivity index (χ0n) is 14.7. The highest BCUT2D eigenvalue weighted by Crippen LogP contribution is 2.27. The fourth-order valence-electron chi connectivity index (χ4n) is 3.68. The van der Waals surface area contributed by atoms with E-state index in [4.69, 9.17) is 11.6 Å². The van der Waals surface area contributed by atoms with Crippen LogP contribution in [0.25, 0.3) is 0 Å². The SMILES string of the molecule is CC(NS(=O)(=O)c1ccc(Cl)cc1)C(=O)N1CC[C@@H]2CNC[C@@H]2CC1.Cl. The minimum absolute atomic E-state index is 0. The third-order valence-electron chi connectivity index (χ3n) is 5.16. The first-order valence-corrected chi connectivity index (χ1v) is 10.5. The van der Waals surface area contributed by atoms with Gasteiger partial charge in [-0.3, -0.25) is 4.79 Å². The van der Waals surface area contributed by atoms with Crippen LogP contribution in [0.15, 0.2) is 29.2 Å². The monoisotopic (exact) mass is 421 g/mol. The van der Waals surface area contributed by atoms with Crippen LogP contribution in [0.5, 0.6) is 0 Å². The Morgan fingerprint density at radius 1 is 1.19 bits per heavy atom. The van der Waals surface area contributed by atoms with Crippen LogP contribution >= 0.6 is 24.0 Å². The number of benzene rings is 1. The van der Waals surface area contributed by atoms with Gasteiger partial charge in [0.15, 0.2) is 0 Å². The molecule has 0 saturated carbocycles. The Morgan fingerprint density at radius 3 is 2.27 bits per heavy atom. The number of hydrogen-bond donors (Lipinski definition) is 2. The van der Waals surface area contributed by atoms with Crippen LogP contribution in [0.2, 0.25) is 5.02 Å². The second kappa shape index (κ2) is 8.89. The third kappa shape index (κ3) is 4.89. The molecule has 26 heavy (non-hydrogen) atoms. The first-order chi connectivity index (χ1) is 11.9. The van der Waals surface area contributed by atoms with Crippen LogP contribution in [0.4, 0.5) is 0 Å². The van der Waals surface area contributed by atoms with Crippen LogP contribution in [-0.2, 0) is 14.8 Å². The minimum atomic E-state index is -3.75. The maximum atomic E-state index is 12.7. The summed E-state index contributed by atoms with van der Waals surface area (Å²) in [7, 11) is -3.75. The van der Waals surface area contributed by atoms with E-state index in [1.54, 1.807) is 11.8 Å². The molecule has 1 unspecified atom stereocenters. The van der Waals surface area contributed by atoms with Gasteiger partial charge in [0.05, 0.1) is 10.9 Å². The van der Waals surface area contributed by atoms with Gasteiger partial charge in [-0.2, -0.15) is 4.72 Å². The summed E-state index contributed by atoms with van der Waals surface area (Å²) in [6.45, 7) is 5.02. The molecule has 0 bridgehead atoms. The summed E-state index contributed by atoms with van der Waals surface area (Å²) < 4.78 is 27.4. The van der Waals surface area contributed by atoms with Gasteiger partial charge in [0.25, 0.3) is 0 Å². The fourth-order valence-corrected chi connectivity index (χ4v) is 5.00. The van der Waals surface area contributed by atoms with Crippen molar-refractivity contribution in [3.63, 3.8) is 0 Å². The largest absolute Gasteiger partial charge is 0.341 e. The normalized spacial score (nSPS) is 24.3. The number of hydrogen-bond acceptors (Lipinski definition) is 4. The highest BCUT2D eigenvalue weighted by molar-refractivity contribution is 7.89. The van der Waals surface area contributed by atoms with Crippen molar-refractivity contribution in [2.45, 2.75) is 30.7 Å². The van der Waals surface area contributed by atoms with E-state index < -0.39 is 16.1 Å². The van der Waals surface area contributed by atoms with E-state index in [0.717, 1.165) is 25.9 Å². The van der Waals surface area contributed by atoms with E-state index in [1.165, 1.54) is 24.3 Å². The number of fused-ring (bicyclic) bond motifs is 1. The molecule has 0 aliphatic carbocycles. The van der Waals surface area contributed by atoms with E-state index in [-0.39, 0.29) is 23.2 Å². The molecular formula is C17H25Cl2N3O3S. The molecule has 2 saturated heterocycles. The summed E-state index contributed by atoms with van der Waals surface area (Å²) in [5.41, 5.74) is 0. The zero-order valence-corrected chi connectivity index (χ0v) is 17.0. The molecule has 3 rings (SSSR count). The standard InChI is InChI=1S/C17H24ClN3O3S.ClH/c1-12(20-25(23,24)16-4-2-15(18)3-5-16)17(22)21-8-6-13-10-19-11-14(13)7-9-21;/h2-5,12-14,19-20H,6-11H2,1H3;1H/t12?,13-,14+;. The average molecular weight is 422 g/mol. The lowest BCUT2D eigenvalue weighted by molar-refractivity contribution is -0.132. The van der Waals surface area contributed by atoms with E-state index in [9.17, 15) is 13.2 Å². The molecule has 146 valence electrons. The smallest absolute Gasteiger partial charge is 0.241 e. The average Bonchev–Trinajstić information content (AvgIpc) is 2.93. The second-order valence-electron chi connectivity index (χ2n) is 6.88. The summed E-state index contributed by atoms with van der Waals surface area (Å²) in [5, 5.41) is 3.87. The predicted octanol–water partition coefficient (Wildman–Crippen LogP) is 1.89. The lowest BCUT2D eigenvalue weighted by atomic mass is 9.92. The van der Waals surface area contributed by atoms with Crippen molar-refractivity contribution in [2.75, 3.05) is 26.2 Å². The Morgan fingerprint density at radius 2 is 1.73 bits per heavy atom. The van der Waals surface area contributed by atoms with Crippen molar-refractivity contribution < 1.29 is 13.2 Å². The van der Waals surface area contributed by atoms with E-state index in [2.05, 4.69) is 10.0 Å². The van der Waals surface area contributed by atoms with Crippen LogP contribution in [0.3, 0.4) is 0 Å². The summed E-state index contributed by atoms with van der Waals surface area (Å²) in [4.78, 5) is 14.6. The number of nitrogens with one attached hydrogen (secondary N) is 2. The fraction of sp³-hybridized carbons (Fsp3) is 0.588. The highest BCUT2D eigenvalue weighted by Gasteiger charge is 2.33. The van der Waals surface area contributed by atoms with Gasteiger partial charge in [-0.05, 0) is 69.0 Å². The number of sulfonamides is 1. The van der Waals surface area contributed by atoms with E-state index in [1.807, 2.05) is 0 Å². The van der Waals surface area contributed by atoms with Gasteiger partial charge in [-0.15, -0.1) is 12.4 Å². The van der Waals surface area contributed by atoms with Gasteiger partial charge >= 0.3 is 0 Å². The molecule has 1 aromatic rings. The van der Waals surface area contributed by atoms with Crippen LogP contribution < -0.4 is 10.0 Å². The molecule has 1 aromatic carbocycles. The van der Waals surface area contributed by atoms with Crippen molar-refractivity contribution in [3.05, 3.63) is 29.3 Å². The Kier molecular flexibility index (Phi) is 7.33. The number of amides is 1. The second-order valence-corrected chi connectivity index (χ2v) is 9.03. The number of rotatable bonds is 4. The number of likely N-dealkylation sites (tertiary alicyclic amines) is 1. The van der Waals surface area contributed by atoms with Crippen LogP contribution in [-0.4, -0.2) is 51.4 Å². The van der Waals surface area contributed by atoms with Gasteiger partial charge in [-0.25, -0.2) is 8.42 Å². The first kappa shape index (κ1) is 21.4. The van der Waals surface area contributed by atoms with Crippen LogP contribution in [0.1, 0.15) is 19.8 Å². The Hall–Kier alpha value is -0.860. The molecule has 0 aromatic heterocycles. The number of nitrogens with zero attached hydrogens (tertiary/aromatic N) is 1. The van der Waals surface area contributed by atoms with Crippen molar-refractivity contribution in [1.82, 2.24) is 14.9 Å². The Balaban J connectivity index is 0.00000243. The van der Waals surface area contributed by atoms with Gasteiger partial charge in [0, 0.05) is 18.1 Å². The molecular weight excluding hydrogens is 397 g/mol. The molecule has 1 amide bonds. The summed E-state index contributed by atoms with van der Waals surface area (Å²) >= 11 is 5.79. The molecule has 2 fully saturated rings. The molecule has 2 aliphatic heterocycles. The van der Waals surface area contributed by atoms with Crippen LogP contribution in [0, 0.1) is 11.8 Å². The predicted molar refractivity (Wildman–Crippen MR) is 104 cm³/mol. The van der Waals surface area contributed by atoms with Crippen molar-refractivity contribution in [1.29, 1.82) is 0 Å².